The van der Waals surface area contributed by atoms with E-state index >= 15 is 0 Å². The van der Waals surface area contributed by atoms with Crippen LogP contribution >= 0.6 is 0 Å². The summed E-state index contributed by atoms with van der Waals surface area (Å²) >= 11 is 0. The smallest absolute Gasteiger partial charge is 0.123 e. The lowest BCUT2D eigenvalue weighted by atomic mass is 9.46. The predicted octanol–water partition coefficient (Wildman–Crippen LogP) is 2.26. The van der Waals surface area contributed by atoms with Crippen molar-refractivity contribution in [3.63, 3.8) is 0 Å². The Bertz CT molecular complexity index is 181. The van der Waals surface area contributed by atoms with Crippen molar-refractivity contribution in [3.8, 4) is 0 Å². The molecule has 3 aliphatic rings. The van der Waals surface area contributed by atoms with Gasteiger partial charge in [0.25, 0.3) is 0 Å². The molecule has 0 aromatic rings. The standard InChI is InChI=1S/C10H16O/c1-10(2)8-4-3-7(6-11)9(10)5-8/h6-9H,3-5H2,1-2H3/t7-,8?,9?/m1/s1. The third-order valence-electron chi connectivity index (χ3n) is 4.09. The van der Waals surface area contributed by atoms with Crippen LogP contribution in [0.5, 0.6) is 0 Å². The normalized spacial score (nSPS) is 46.2. The van der Waals surface area contributed by atoms with Gasteiger partial charge in [-0.1, -0.05) is 13.8 Å². The van der Waals surface area contributed by atoms with E-state index in [4.69, 9.17) is 0 Å². The first-order valence-electron chi connectivity index (χ1n) is 4.61. The van der Waals surface area contributed by atoms with Crippen LogP contribution < -0.4 is 0 Å². The SMILES string of the molecule is CC1(C)C2CC[C@H](C=O)C1C2. The van der Waals surface area contributed by atoms with Gasteiger partial charge in [0.05, 0.1) is 0 Å². The third kappa shape index (κ3) is 0.800. The molecule has 0 N–H and O–H groups in total. The summed E-state index contributed by atoms with van der Waals surface area (Å²) in [5.74, 6) is 2.01. The topological polar surface area (TPSA) is 17.1 Å². The van der Waals surface area contributed by atoms with Crippen molar-refractivity contribution in [2.45, 2.75) is 33.1 Å². The first-order chi connectivity index (χ1) is 5.16. The Labute approximate surface area is 68.2 Å². The van der Waals surface area contributed by atoms with Gasteiger partial charge < -0.3 is 4.79 Å². The van der Waals surface area contributed by atoms with Crippen LogP contribution in [0.15, 0.2) is 0 Å². The highest BCUT2D eigenvalue weighted by Gasteiger charge is 2.53. The van der Waals surface area contributed by atoms with E-state index in [1.807, 2.05) is 0 Å². The summed E-state index contributed by atoms with van der Waals surface area (Å²) in [6, 6.07) is 0. The second-order valence-corrected chi connectivity index (χ2v) is 4.74. The second kappa shape index (κ2) is 2.09. The second-order valence-electron chi connectivity index (χ2n) is 4.74. The number of hydrogen-bond donors (Lipinski definition) is 0. The molecule has 2 bridgehead atoms. The van der Waals surface area contributed by atoms with Gasteiger partial charge in [-0.25, -0.2) is 0 Å². The van der Waals surface area contributed by atoms with Gasteiger partial charge in [-0.2, -0.15) is 0 Å². The van der Waals surface area contributed by atoms with Crippen molar-refractivity contribution in [2.24, 2.45) is 23.2 Å². The number of aldehydes is 1. The fourth-order valence-electron chi connectivity index (χ4n) is 3.03. The average molecular weight is 152 g/mol. The minimum Gasteiger partial charge on any atom is -0.303 e. The maximum Gasteiger partial charge on any atom is 0.123 e. The van der Waals surface area contributed by atoms with Crippen LogP contribution in [0.2, 0.25) is 0 Å². The van der Waals surface area contributed by atoms with Gasteiger partial charge in [0.15, 0.2) is 0 Å². The van der Waals surface area contributed by atoms with Crippen molar-refractivity contribution >= 4 is 6.29 Å². The number of fused-ring (bicyclic) bond motifs is 2. The van der Waals surface area contributed by atoms with E-state index in [-0.39, 0.29) is 0 Å². The molecule has 0 spiro atoms. The molecule has 3 aliphatic carbocycles. The van der Waals surface area contributed by atoms with Crippen LogP contribution in [0.3, 0.4) is 0 Å². The number of carbonyl (C=O) groups is 1. The van der Waals surface area contributed by atoms with Crippen molar-refractivity contribution in [1.82, 2.24) is 0 Å². The molecule has 1 heteroatoms. The first-order valence-corrected chi connectivity index (χ1v) is 4.61. The molecule has 3 saturated carbocycles. The molecular formula is C10H16O. The molecule has 3 fully saturated rings. The Morgan fingerprint density at radius 2 is 2.09 bits per heavy atom. The minimum atomic E-state index is 0.384. The van der Waals surface area contributed by atoms with Crippen LogP contribution in [0.4, 0.5) is 0 Å². The summed E-state index contributed by atoms with van der Waals surface area (Å²) in [6.07, 6.45) is 4.94. The highest BCUT2D eigenvalue weighted by atomic mass is 16.1. The zero-order chi connectivity index (χ0) is 8.06. The highest BCUT2D eigenvalue weighted by molar-refractivity contribution is 5.55. The van der Waals surface area contributed by atoms with Gasteiger partial charge in [-0.05, 0) is 36.5 Å². The molecule has 3 rings (SSSR count). The van der Waals surface area contributed by atoms with Crippen molar-refractivity contribution < 1.29 is 4.79 Å². The first kappa shape index (κ1) is 7.33. The number of carbonyl (C=O) groups excluding carboxylic acids is 1. The van der Waals surface area contributed by atoms with Gasteiger partial charge in [-0.15, -0.1) is 0 Å². The van der Waals surface area contributed by atoms with E-state index in [0.717, 1.165) is 12.3 Å². The molecule has 2 unspecified atom stereocenters. The molecule has 62 valence electrons. The molecule has 0 saturated heterocycles. The fourth-order valence-corrected chi connectivity index (χ4v) is 3.03. The number of hydrogen-bond acceptors (Lipinski definition) is 1. The van der Waals surface area contributed by atoms with Crippen molar-refractivity contribution in [2.75, 3.05) is 0 Å². The zero-order valence-electron chi connectivity index (χ0n) is 7.34. The minimum absolute atomic E-state index is 0.384. The average Bonchev–Trinajstić information content (AvgIpc) is 2.04. The quantitative estimate of drug-likeness (QED) is 0.527. The predicted molar refractivity (Wildman–Crippen MR) is 44.2 cm³/mol. The van der Waals surface area contributed by atoms with E-state index in [1.54, 1.807) is 0 Å². The summed E-state index contributed by atoms with van der Waals surface area (Å²) in [5, 5.41) is 0. The molecule has 0 radical (unpaired) electrons. The molecule has 1 nitrogen and oxygen atoms in total. The molecule has 0 aliphatic heterocycles. The molecule has 0 amide bonds. The molecule has 0 aromatic heterocycles. The molecule has 0 heterocycles. The van der Waals surface area contributed by atoms with E-state index in [2.05, 4.69) is 13.8 Å². The molecule has 0 aromatic carbocycles. The lowest BCUT2D eigenvalue weighted by molar-refractivity contribution is -0.134. The zero-order valence-corrected chi connectivity index (χ0v) is 7.34. The Morgan fingerprint density at radius 3 is 2.45 bits per heavy atom. The van der Waals surface area contributed by atoms with E-state index in [1.165, 1.54) is 19.1 Å². The van der Waals surface area contributed by atoms with Crippen LogP contribution in [0.25, 0.3) is 0 Å². The van der Waals surface area contributed by atoms with E-state index in [9.17, 15) is 4.79 Å². The Morgan fingerprint density at radius 1 is 1.36 bits per heavy atom. The van der Waals surface area contributed by atoms with Crippen molar-refractivity contribution in [1.29, 1.82) is 0 Å². The van der Waals surface area contributed by atoms with Gasteiger partial charge in [0.1, 0.15) is 6.29 Å². The van der Waals surface area contributed by atoms with E-state index in [0.29, 0.717) is 17.3 Å². The summed E-state index contributed by atoms with van der Waals surface area (Å²) in [6.45, 7) is 4.64. The van der Waals surface area contributed by atoms with Crippen molar-refractivity contribution in [3.05, 3.63) is 0 Å². The summed E-state index contributed by atoms with van der Waals surface area (Å²) in [4.78, 5) is 10.7. The van der Waals surface area contributed by atoms with Crippen LogP contribution in [0.1, 0.15) is 33.1 Å². The Hall–Kier alpha value is -0.330. The Balaban J connectivity index is 2.16. The fraction of sp³-hybridized carbons (Fsp3) is 0.900. The van der Waals surface area contributed by atoms with E-state index < -0.39 is 0 Å². The van der Waals surface area contributed by atoms with Gasteiger partial charge in [0.2, 0.25) is 0 Å². The Kier molecular flexibility index (Phi) is 1.39. The lowest BCUT2D eigenvalue weighted by Gasteiger charge is -2.59. The van der Waals surface area contributed by atoms with Gasteiger partial charge in [-0.3, -0.25) is 0 Å². The van der Waals surface area contributed by atoms with Gasteiger partial charge in [0, 0.05) is 5.92 Å². The summed E-state index contributed by atoms with van der Waals surface area (Å²) in [5.41, 5.74) is 0.476. The summed E-state index contributed by atoms with van der Waals surface area (Å²) in [7, 11) is 0. The lowest BCUT2D eigenvalue weighted by Crippen LogP contribution is -2.52. The summed E-state index contributed by atoms with van der Waals surface area (Å²) < 4.78 is 0. The highest BCUT2D eigenvalue weighted by Crippen LogP contribution is 2.60. The number of rotatable bonds is 1. The third-order valence-corrected chi connectivity index (χ3v) is 4.09. The molecule has 3 atom stereocenters. The maximum atomic E-state index is 10.7. The maximum absolute atomic E-state index is 10.7. The molecule has 11 heavy (non-hydrogen) atoms. The largest absolute Gasteiger partial charge is 0.303 e. The van der Waals surface area contributed by atoms with Gasteiger partial charge >= 0.3 is 0 Å². The van der Waals surface area contributed by atoms with Crippen LogP contribution in [0, 0.1) is 23.2 Å². The van der Waals surface area contributed by atoms with Crippen LogP contribution in [-0.2, 0) is 4.79 Å². The van der Waals surface area contributed by atoms with Crippen LogP contribution in [-0.4, -0.2) is 6.29 Å². The molecular weight excluding hydrogens is 136 g/mol. The monoisotopic (exact) mass is 152 g/mol.